The van der Waals surface area contributed by atoms with E-state index in [1.807, 2.05) is 0 Å². The van der Waals surface area contributed by atoms with E-state index in [2.05, 4.69) is 5.32 Å². The van der Waals surface area contributed by atoms with Gasteiger partial charge < -0.3 is 20.9 Å². The summed E-state index contributed by atoms with van der Waals surface area (Å²) in [5.41, 5.74) is 5.99. The Bertz CT molecular complexity index is 402. The molecule has 0 saturated carbocycles. The zero-order chi connectivity index (χ0) is 13.5. The molecule has 0 aliphatic rings. The molecule has 1 amide bonds. The molecule has 7 heteroatoms. The van der Waals surface area contributed by atoms with E-state index in [4.69, 9.17) is 15.6 Å². The molecule has 1 rings (SSSR count). The minimum Gasteiger partial charge on any atom is -0.484 e. The van der Waals surface area contributed by atoms with Gasteiger partial charge in [-0.25, -0.2) is 8.78 Å². The molecule has 1 aromatic carbocycles. The molecule has 5 nitrogen and oxygen atoms in total. The number of nitrogens with two attached hydrogens (primary N) is 1. The summed E-state index contributed by atoms with van der Waals surface area (Å²) >= 11 is 0. The molecular formula is C11H14F2N2O3. The fourth-order valence-electron chi connectivity index (χ4n) is 1.11. The predicted molar refractivity (Wildman–Crippen MR) is 61.4 cm³/mol. The topological polar surface area (TPSA) is 84.6 Å². The molecule has 0 heterocycles. The van der Waals surface area contributed by atoms with Crippen LogP contribution in [0.2, 0.25) is 0 Å². The Balaban J connectivity index is 2.29. The van der Waals surface area contributed by atoms with Crippen molar-refractivity contribution in [3.63, 3.8) is 0 Å². The smallest absolute Gasteiger partial charge is 0.265 e. The number of anilines is 1. The monoisotopic (exact) mass is 260 g/mol. The highest BCUT2D eigenvalue weighted by molar-refractivity contribution is 5.77. The fraction of sp³-hybridized carbons (Fsp3) is 0.364. The van der Waals surface area contributed by atoms with Crippen LogP contribution < -0.4 is 15.8 Å². The number of rotatable bonds is 6. The highest BCUT2D eigenvalue weighted by atomic mass is 19.3. The summed E-state index contributed by atoms with van der Waals surface area (Å²) in [5.74, 6) is -0.198. The van der Waals surface area contributed by atoms with Crippen LogP contribution in [0.4, 0.5) is 14.5 Å². The van der Waals surface area contributed by atoms with E-state index < -0.39 is 25.0 Å². The van der Waals surface area contributed by atoms with Gasteiger partial charge in [-0.1, -0.05) is 6.07 Å². The minimum atomic E-state index is -2.89. The lowest BCUT2D eigenvalue weighted by Gasteiger charge is -2.11. The van der Waals surface area contributed by atoms with E-state index in [1.165, 1.54) is 6.07 Å². The Hall–Kier alpha value is -1.89. The van der Waals surface area contributed by atoms with Gasteiger partial charge in [0.2, 0.25) is 0 Å². The van der Waals surface area contributed by atoms with E-state index >= 15 is 0 Å². The molecule has 0 aliphatic carbocycles. The first kappa shape index (κ1) is 14.2. The summed E-state index contributed by atoms with van der Waals surface area (Å²) in [6, 6.07) is 6.45. The Kier molecular flexibility index (Phi) is 5.31. The van der Waals surface area contributed by atoms with Gasteiger partial charge in [0.25, 0.3) is 12.3 Å². The molecular weight excluding hydrogens is 246 g/mol. The number of carbonyl (C=O) groups excluding carboxylic acids is 1. The number of amides is 1. The van der Waals surface area contributed by atoms with Crippen molar-refractivity contribution in [3.8, 4) is 5.75 Å². The molecule has 0 aliphatic heterocycles. The molecule has 0 spiro atoms. The van der Waals surface area contributed by atoms with Gasteiger partial charge in [-0.05, 0) is 12.1 Å². The number of hydrogen-bond acceptors (Lipinski definition) is 4. The Morgan fingerprint density at radius 1 is 1.50 bits per heavy atom. The molecule has 100 valence electrons. The first-order valence-corrected chi connectivity index (χ1v) is 5.20. The van der Waals surface area contributed by atoms with Crippen LogP contribution in [0.3, 0.4) is 0 Å². The van der Waals surface area contributed by atoms with Crippen molar-refractivity contribution in [3.05, 3.63) is 24.3 Å². The van der Waals surface area contributed by atoms with Crippen LogP contribution in [0, 0.1) is 0 Å². The molecule has 0 aromatic heterocycles. The van der Waals surface area contributed by atoms with Crippen LogP contribution in [0.15, 0.2) is 24.3 Å². The molecule has 1 unspecified atom stereocenters. The molecule has 0 radical (unpaired) electrons. The van der Waals surface area contributed by atoms with Gasteiger partial charge in [0.15, 0.2) is 6.61 Å². The minimum absolute atomic E-state index is 0.334. The third-order valence-corrected chi connectivity index (χ3v) is 2.03. The van der Waals surface area contributed by atoms with Crippen LogP contribution in [0.5, 0.6) is 5.75 Å². The third kappa shape index (κ3) is 4.96. The van der Waals surface area contributed by atoms with Gasteiger partial charge in [0, 0.05) is 18.3 Å². The normalized spacial score (nSPS) is 12.2. The third-order valence-electron chi connectivity index (χ3n) is 2.03. The molecule has 4 N–H and O–H groups in total. The number of benzene rings is 1. The van der Waals surface area contributed by atoms with Crippen molar-refractivity contribution in [2.24, 2.45) is 0 Å². The van der Waals surface area contributed by atoms with Crippen LogP contribution in [0.1, 0.15) is 0 Å². The maximum atomic E-state index is 11.9. The highest BCUT2D eigenvalue weighted by Crippen LogP contribution is 2.13. The Morgan fingerprint density at radius 2 is 2.22 bits per heavy atom. The van der Waals surface area contributed by atoms with Gasteiger partial charge in [0.05, 0.1) is 0 Å². The van der Waals surface area contributed by atoms with Gasteiger partial charge in [0.1, 0.15) is 11.9 Å². The van der Waals surface area contributed by atoms with Crippen molar-refractivity contribution >= 4 is 11.6 Å². The van der Waals surface area contributed by atoms with Gasteiger partial charge in [-0.3, -0.25) is 4.79 Å². The first-order chi connectivity index (χ1) is 8.49. The number of halogens is 2. The number of nitrogen functional groups attached to an aromatic ring is 1. The van der Waals surface area contributed by atoms with Gasteiger partial charge in [-0.2, -0.15) is 0 Å². The van der Waals surface area contributed by atoms with Gasteiger partial charge in [-0.15, -0.1) is 0 Å². The number of hydrogen-bond donors (Lipinski definition) is 3. The predicted octanol–water partition coefficient (Wildman–Crippen LogP) is 0.390. The standard InChI is InChI=1S/C11H14F2N2O3/c12-11(13)9(16)5-15-10(17)6-18-8-3-1-2-7(14)4-8/h1-4,9,11,16H,5-6,14H2,(H,15,17). The molecule has 0 saturated heterocycles. The summed E-state index contributed by atoms with van der Waals surface area (Å²) < 4.78 is 28.9. The van der Waals surface area contributed by atoms with Crippen LogP contribution in [0.25, 0.3) is 0 Å². The number of ether oxygens (including phenoxy) is 1. The molecule has 18 heavy (non-hydrogen) atoms. The van der Waals surface area contributed by atoms with Crippen LogP contribution >= 0.6 is 0 Å². The summed E-state index contributed by atoms with van der Waals surface area (Å²) in [6.45, 7) is -0.851. The summed E-state index contributed by atoms with van der Waals surface area (Å²) in [7, 11) is 0. The van der Waals surface area contributed by atoms with E-state index in [0.29, 0.717) is 11.4 Å². The van der Waals surface area contributed by atoms with Gasteiger partial charge >= 0.3 is 0 Å². The first-order valence-electron chi connectivity index (χ1n) is 5.20. The summed E-state index contributed by atoms with van der Waals surface area (Å²) in [5, 5.41) is 10.9. The van der Waals surface area contributed by atoms with Crippen molar-refractivity contribution in [1.29, 1.82) is 0 Å². The summed E-state index contributed by atoms with van der Waals surface area (Å²) in [4.78, 5) is 11.2. The molecule has 1 atom stereocenters. The van der Waals surface area contributed by atoms with E-state index in [-0.39, 0.29) is 6.61 Å². The zero-order valence-corrected chi connectivity index (χ0v) is 9.48. The number of carbonyl (C=O) groups is 1. The molecule has 1 aromatic rings. The number of alkyl halides is 2. The van der Waals surface area contributed by atoms with Crippen LogP contribution in [-0.4, -0.2) is 36.7 Å². The summed E-state index contributed by atoms with van der Waals surface area (Å²) in [6.07, 6.45) is -4.76. The Labute approximate surface area is 103 Å². The van der Waals surface area contributed by atoms with E-state index in [1.54, 1.807) is 18.2 Å². The second kappa shape index (κ2) is 6.75. The highest BCUT2D eigenvalue weighted by Gasteiger charge is 2.17. The van der Waals surface area contributed by atoms with E-state index in [9.17, 15) is 13.6 Å². The lowest BCUT2D eigenvalue weighted by atomic mass is 10.3. The largest absolute Gasteiger partial charge is 0.484 e. The van der Waals surface area contributed by atoms with Crippen molar-refractivity contribution in [2.75, 3.05) is 18.9 Å². The lowest BCUT2D eigenvalue weighted by Crippen LogP contribution is -2.38. The SMILES string of the molecule is Nc1cccc(OCC(=O)NCC(O)C(F)F)c1. The van der Waals surface area contributed by atoms with Crippen molar-refractivity contribution in [1.82, 2.24) is 5.32 Å². The number of aliphatic hydroxyl groups excluding tert-OH is 1. The van der Waals surface area contributed by atoms with Crippen molar-refractivity contribution in [2.45, 2.75) is 12.5 Å². The lowest BCUT2D eigenvalue weighted by molar-refractivity contribution is -0.124. The zero-order valence-electron chi connectivity index (χ0n) is 9.48. The number of aliphatic hydroxyl groups is 1. The average molecular weight is 260 g/mol. The second-order valence-corrected chi connectivity index (χ2v) is 3.57. The Morgan fingerprint density at radius 3 is 2.83 bits per heavy atom. The van der Waals surface area contributed by atoms with Crippen LogP contribution in [-0.2, 0) is 4.79 Å². The fourth-order valence-corrected chi connectivity index (χ4v) is 1.11. The quantitative estimate of drug-likeness (QED) is 0.646. The number of nitrogens with one attached hydrogen (secondary N) is 1. The van der Waals surface area contributed by atoms with Crippen molar-refractivity contribution < 1.29 is 23.4 Å². The second-order valence-electron chi connectivity index (χ2n) is 3.57. The maximum absolute atomic E-state index is 11.9. The molecule has 0 fully saturated rings. The van der Waals surface area contributed by atoms with E-state index in [0.717, 1.165) is 0 Å². The average Bonchev–Trinajstić information content (AvgIpc) is 2.33. The maximum Gasteiger partial charge on any atom is 0.265 e. The molecule has 0 bridgehead atoms.